The molecule has 322 valence electrons. The van der Waals surface area contributed by atoms with Gasteiger partial charge in [-0.3, -0.25) is 4.79 Å². The van der Waals surface area contributed by atoms with Crippen molar-refractivity contribution in [3.63, 3.8) is 0 Å². The van der Waals surface area contributed by atoms with Gasteiger partial charge in [-0.15, -0.1) is 0 Å². The molecule has 6 fully saturated rings. The minimum absolute atomic E-state index is 0.0918. The molecule has 3 aliphatic carbocycles. The van der Waals surface area contributed by atoms with Gasteiger partial charge in [-0.1, -0.05) is 19.9 Å². The van der Waals surface area contributed by atoms with Gasteiger partial charge in [0, 0.05) is 0 Å². The van der Waals surface area contributed by atoms with Crippen LogP contribution in [0.3, 0.4) is 0 Å². The molecule has 56 heavy (non-hydrogen) atoms. The van der Waals surface area contributed by atoms with Crippen LogP contribution < -0.4 is 0 Å². The van der Waals surface area contributed by atoms with Crippen molar-refractivity contribution in [1.29, 1.82) is 0 Å². The summed E-state index contributed by atoms with van der Waals surface area (Å²) < 4.78 is 35.3. The van der Waals surface area contributed by atoms with Gasteiger partial charge in [-0.05, 0) is 87.5 Å². The van der Waals surface area contributed by atoms with Crippen molar-refractivity contribution >= 4 is 5.97 Å². The number of carbonyl (C=O) groups is 1. The molecule has 0 aromatic rings. The fourth-order valence-electron chi connectivity index (χ4n) is 10.8. The van der Waals surface area contributed by atoms with E-state index in [0.29, 0.717) is 38.5 Å². The van der Waals surface area contributed by atoms with E-state index in [4.69, 9.17) is 28.4 Å². The molecular weight excluding hydrogens is 744 g/mol. The lowest BCUT2D eigenvalue weighted by atomic mass is 9.45. The zero-order valence-corrected chi connectivity index (χ0v) is 32.2. The number of esters is 1. The summed E-state index contributed by atoms with van der Waals surface area (Å²) in [5.74, 6) is -0.486. The maximum Gasteiger partial charge on any atom is 0.314 e. The van der Waals surface area contributed by atoms with Gasteiger partial charge < -0.3 is 84.6 Å². The third-order valence-electron chi connectivity index (χ3n) is 14.3. The molecule has 0 amide bonds. The first-order chi connectivity index (χ1) is 26.3. The summed E-state index contributed by atoms with van der Waals surface area (Å²) in [6.07, 6.45) is -18.6. The highest BCUT2D eigenvalue weighted by Gasteiger charge is 2.61. The Balaban J connectivity index is 1.20. The van der Waals surface area contributed by atoms with Gasteiger partial charge in [-0.25, -0.2) is 0 Å². The molecule has 0 aromatic carbocycles. The summed E-state index contributed by atoms with van der Waals surface area (Å²) in [5.41, 5.74) is -1.72. The molecule has 11 N–H and O–H groups in total. The van der Waals surface area contributed by atoms with Gasteiger partial charge in [0.25, 0.3) is 0 Å². The molecule has 3 aliphatic heterocycles. The van der Waals surface area contributed by atoms with Crippen LogP contribution in [0, 0.1) is 28.6 Å². The van der Waals surface area contributed by atoms with Crippen LogP contribution in [-0.4, -0.2) is 180 Å². The van der Waals surface area contributed by atoms with Crippen LogP contribution in [0.15, 0.2) is 12.2 Å². The molecule has 3 saturated heterocycles. The summed E-state index contributed by atoms with van der Waals surface area (Å²) >= 11 is 0. The number of fused-ring (bicyclic) bond motifs is 3. The standard InChI is InChI=1S/C38H62O18/c1-16-12-17-6-7-22-36(2,9-5-10-37(22,3)35(50)55-33-30(49)27(46)24(43)20(14-40)52-33)18(17)8-11-38(16,4)56-34-31(28(47)25(44)21(15-41)53-34)54-32-29(48)26(45)23(42)19(13-39)51-32/h17-34,39-49H,1,5-15H2,2-4H3/t17?,18-,19?,20?,21?,22?,23?,24?,25?,26?,27?,28?,29?,30?,31?,32?,33?,34?,36+,37-,38?/m1/s1. The van der Waals surface area contributed by atoms with Gasteiger partial charge >= 0.3 is 5.97 Å². The maximum atomic E-state index is 14.1. The van der Waals surface area contributed by atoms with Crippen LogP contribution >= 0.6 is 0 Å². The zero-order chi connectivity index (χ0) is 41.1. The Bertz CT molecular complexity index is 1380. The van der Waals surface area contributed by atoms with Gasteiger partial charge in [0.2, 0.25) is 6.29 Å². The van der Waals surface area contributed by atoms with Gasteiger partial charge in [0.15, 0.2) is 12.6 Å². The SMILES string of the molecule is C=C1CC2CCC3[C@](C)(C(=O)OC4OC(CO)C(O)C(O)C4O)CCC[C@@]3(C)[C@@H]2CCC1(C)OC1OC(CO)C(O)C(O)C1OC1OC(CO)C(O)C(O)C1O. The quantitative estimate of drug-likeness (QED) is 0.0835. The normalized spacial score (nSPS) is 52.7. The second-order valence-corrected chi connectivity index (χ2v) is 17.6. The summed E-state index contributed by atoms with van der Waals surface area (Å²) in [5, 5.41) is 114. The highest BCUT2D eigenvalue weighted by molar-refractivity contribution is 5.77. The Morgan fingerprint density at radius 2 is 1.21 bits per heavy atom. The molecule has 0 spiro atoms. The van der Waals surface area contributed by atoms with E-state index < -0.39 is 129 Å². The molecule has 18 nitrogen and oxygen atoms in total. The number of carbonyl (C=O) groups excluding carboxylic acids is 1. The van der Waals surface area contributed by atoms with E-state index in [0.717, 1.165) is 18.4 Å². The fraction of sp³-hybridized carbons (Fsp3) is 0.921. The van der Waals surface area contributed by atoms with Crippen molar-refractivity contribution in [2.45, 2.75) is 170 Å². The lowest BCUT2D eigenvalue weighted by molar-refractivity contribution is -0.376. The van der Waals surface area contributed by atoms with Crippen molar-refractivity contribution in [2.24, 2.45) is 28.6 Å². The van der Waals surface area contributed by atoms with Gasteiger partial charge in [-0.2, -0.15) is 0 Å². The zero-order valence-electron chi connectivity index (χ0n) is 32.2. The van der Waals surface area contributed by atoms with E-state index in [2.05, 4.69) is 13.5 Å². The van der Waals surface area contributed by atoms with Gasteiger partial charge in [0.05, 0.1) is 30.8 Å². The molecule has 18 unspecified atom stereocenters. The Kier molecular flexibility index (Phi) is 13.3. The second kappa shape index (κ2) is 16.9. The molecule has 18 heteroatoms. The van der Waals surface area contributed by atoms with E-state index in [-0.39, 0.29) is 23.2 Å². The first-order valence-corrected chi connectivity index (χ1v) is 19.8. The number of ether oxygens (including phenoxy) is 6. The topological polar surface area (TPSA) is 295 Å². The molecule has 3 saturated carbocycles. The minimum Gasteiger partial charge on any atom is -0.432 e. The Morgan fingerprint density at radius 3 is 1.80 bits per heavy atom. The van der Waals surface area contributed by atoms with Gasteiger partial charge in [0.1, 0.15) is 73.2 Å². The van der Waals surface area contributed by atoms with Crippen molar-refractivity contribution in [1.82, 2.24) is 0 Å². The van der Waals surface area contributed by atoms with Crippen LogP contribution in [0.4, 0.5) is 0 Å². The third-order valence-corrected chi connectivity index (χ3v) is 14.3. The molecule has 21 atom stereocenters. The maximum absolute atomic E-state index is 14.1. The van der Waals surface area contributed by atoms with E-state index >= 15 is 0 Å². The number of aliphatic hydroxyl groups is 11. The largest absolute Gasteiger partial charge is 0.432 e. The number of hydrogen-bond acceptors (Lipinski definition) is 18. The van der Waals surface area contributed by atoms with Crippen molar-refractivity contribution in [2.75, 3.05) is 19.8 Å². The Hall–Kier alpha value is -1.43. The smallest absolute Gasteiger partial charge is 0.314 e. The molecule has 6 rings (SSSR count). The number of rotatable bonds is 9. The van der Waals surface area contributed by atoms with Crippen LogP contribution in [0.2, 0.25) is 0 Å². The van der Waals surface area contributed by atoms with Crippen LogP contribution in [0.1, 0.15) is 72.1 Å². The van der Waals surface area contributed by atoms with Crippen LogP contribution in [0.5, 0.6) is 0 Å². The average molecular weight is 807 g/mol. The molecule has 6 aliphatic rings. The Morgan fingerprint density at radius 1 is 0.679 bits per heavy atom. The summed E-state index contributed by atoms with van der Waals surface area (Å²) in [6, 6.07) is 0. The molecule has 0 bridgehead atoms. The number of hydrogen-bond donors (Lipinski definition) is 11. The van der Waals surface area contributed by atoms with Crippen LogP contribution in [0.25, 0.3) is 0 Å². The molecule has 3 heterocycles. The van der Waals surface area contributed by atoms with Crippen molar-refractivity contribution < 1.29 is 89.4 Å². The predicted molar refractivity (Wildman–Crippen MR) is 189 cm³/mol. The summed E-state index contributed by atoms with van der Waals surface area (Å²) in [6.45, 7) is 8.25. The van der Waals surface area contributed by atoms with Crippen molar-refractivity contribution in [3.8, 4) is 0 Å². The average Bonchev–Trinajstić information content (AvgIpc) is 3.29. The summed E-state index contributed by atoms with van der Waals surface area (Å²) in [7, 11) is 0. The van der Waals surface area contributed by atoms with Crippen LogP contribution in [-0.2, 0) is 33.2 Å². The van der Waals surface area contributed by atoms with Crippen molar-refractivity contribution in [3.05, 3.63) is 12.2 Å². The second-order valence-electron chi connectivity index (χ2n) is 17.6. The van der Waals surface area contributed by atoms with E-state index in [1.54, 1.807) is 0 Å². The third kappa shape index (κ3) is 7.72. The fourth-order valence-corrected chi connectivity index (χ4v) is 10.8. The Labute approximate surface area is 325 Å². The molecule has 0 aromatic heterocycles. The first-order valence-electron chi connectivity index (χ1n) is 19.8. The lowest BCUT2D eigenvalue weighted by Crippen LogP contribution is -2.65. The monoisotopic (exact) mass is 806 g/mol. The first kappa shape index (κ1) is 44.1. The molecular formula is C38H62O18. The van der Waals surface area contributed by atoms with E-state index in [1.165, 1.54) is 0 Å². The minimum atomic E-state index is -1.82. The summed E-state index contributed by atoms with van der Waals surface area (Å²) in [4.78, 5) is 14.1. The lowest BCUT2D eigenvalue weighted by Gasteiger charge is -2.59. The van der Waals surface area contributed by atoms with E-state index in [9.17, 15) is 61.0 Å². The predicted octanol–water partition coefficient (Wildman–Crippen LogP) is -2.69. The highest BCUT2D eigenvalue weighted by Crippen LogP contribution is 2.64. The molecule has 0 radical (unpaired) electrons. The number of aliphatic hydroxyl groups excluding tert-OH is 11. The highest BCUT2D eigenvalue weighted by atomic mass is 16.8. The van der Waals surface area contributed by atoms with E-state index in [1.807, 2.05) is 13.8 Å².